The number of piperidine rings is 1. The fourth-order valence-electron chi connectivity index (χ4n) is 4.82. The Morgan fingerprint density at radius 1 is 0.938 bits per heavy atom. The lowest BCUT2D eigenvalue weighted by atomic mass is 9.81. The first kappa shape index (κ1) is 22.3. The Labute approximate surface area is 189 Å². The number of carbonyl (C=O) groups excluding carboxylic acids is 2. The molecule has 2 amide bonds. The number of likely N-dealkylation sites (tertiary alicyclic amines) is 1. The number of hydrogen-bond acceptors (Lipinski definition) is 2. The summed E-state index contributed by atoms with van der Waals surface area (Å²) in [6.45, 7) is 2.71. The predicted molar refractivity (Wildman–Crippen MR) is 123 cm³/mol. The number of rotatable bonds is 6. The Morgan fingerprint density at radius 3 is 2.38 bits per heavy atom. The van der Waals surface area contributed by atoms with Gasteiger partial charge in [0.05, 0.1) is 0 Å². The first-order valence-electron chi connectivity index (χ1n) is 11.6. The van der Waals surface area contributed by atoms with Crippen LogP contribution in [-0.4, -0.2) is 41.2 Å². The zero-order valence-corrected chi connectivity index (χ0v) is 18.5. The topological polar surface area (TPSA) is 40.6 Å². The summed E-state index contributed by atoms with van der Waals surface area (Å²) in [6, 6.07) is 16.5. The van der Waals surface area contributed by atoms with Crippen LogP contribution in [0.25, 0.3) is 0 Å². The molecule has 168 valence electrons. The number of halogens is 1. The van der Waals surface area contributed by atoms with Crippen molar-refractivity contribution >= 4 is 11.8 Å². The van der Waals surface area contributed by atoms with Crippen LogP contribution in [0.5, 0.6) is 0 Å². The highest BCUT2D eigenvalue weighted by atomic mass is 19.1. The van der Waals surface area contributed by atoms with E-state index < -0.39 is 0 Å². The maximum Gasteiger partial charge on any atom is 0.226 e. The van der Waals surface area contributed by atoms with Crippen molar-refractivity contribution in [2.45, 2.75) is 38.6 Å². The molecule has 5 heteroatoms. The summed E-state index contributed by atoms with van der Waals surface area (Å²) in [4.78, 5) is 29.9. The van der Waals surface area contributed by atoms with Crippen LogP contribution in [0, 0.1) is 17.7 Å². The zero-order valence-electron chi connectivity index (χ0n) is 18.5. The molecule has 0 spiro atoms. The number of carbonyl (C=O) groups is 2. The van der Waals surface area contributed by atoms with Gasteiger partial charge < -0.3 is 9.80 Å². The molecule has 32 heavy (non-hydrogen) atoms. The molecule has 0 bridgehead atoms. The van der Waals surface area contributed by atoms with E-state index >= 15 is 0 Å². The first-order valence-corrected chi connectivity index (χ1v) is 11.6. The highest BCUT2D eigenvalue weighted by Crippen LogP contribution is 2.31. The van der Waals surface area contributed by atoms with E-state index in [1.54, 1.807) is 12.1 Å². The summed E-state index contributed by atoms with van der Waals surface area (Å²) in [5.41, 5.74) is 2.13. The van der Waals surface area contributed by atoms with Crippen LogP contribution < -0.4 is 0 Å². The molecule has 0 unspecified atom stereocenters. The third kappa shape index (κ3) is 5.64. The average molecular weight is 435 g/mol. The number of allylic oxidation sites excluding steroid dienone is 1. The fraction of sp³-hybridized carbons (Fsp3) is 0.407. The number of benzene rings is 2. The maximum atomic E-state index is 13.3. The molecule has 1 fully saturated rings. The quantitative estimate of drug-likeness (QED) is 0.624. The predicted octanol–water partition coefficient (Wildman–Crippen LogP) is 4.60. The summed E-state index contributed by atoms with van der Waals surface area (Å²) >= 11 is 0. The van der Waals surface area contributed by atoms with Crippen molar-refractivity contribution in [2.75, 3.05) is 19.6 Å². The lowest BCUT2D eigenvalue weighted by Gasteiger charge is -2.36. The first-order chi connectivity index (χ1) is 15.6. The minimum Gasteiger partial charge on any atom is -0.343 e. The highest BCUT2D eigenvalue weighted by Gasteiger charge is 2.34. The number of aryl methyl sites for hydroxylation is 1. The van der Waals surface area contributed by atoms with Gasteiger partial charge in [0.15, 0.2) is 0 Å². The van der Waals surface area contributed by atoms with Gasteiger partial charge in [-0.1, -0.05) is 54.6 Å². The largest absolute Gasteiger partial charge is 0.343 e. The summed E-state index contributed by atoms with van der Waals surface area (Å²) in [5.74, 6) is 0.427. The van der Waals surface area contributed by atoms with Crippen molar-refractivity contribution in [1.29, 1.82) is 0 Å². The Hall–Kier alpha value is -2.95. The third-order valence-electron chi connectivity index (χ3n) is 6.73. The summed E-state index contributed by atoms with van der Waals surface area (Å²) < 4.78 is 13.0. The minimum absolute atomic E-state index is 0.00562. The van der Waals surface area contributed by atoms with E-state index in [0.29, 0.717) is 44.9 Å². The van der Waals surface area contributed by atoms with E-state index in [2.05, 4.69) is 24.3 Å². The van der Waals surface area contributed by atoms with Gasteiger partial charge in [0.2, 0.25) is 11.8 Å². The molecule has 0 radical (unpaired) electrons. The Balaban J connectivity index is 1.29. The number of nitrogens with zero attached hydrogens (tertiary/aromatic N) is 2. The molecule has 2 aromatic rings. The monoisotopic (exact) mass is 434 g/mol. The van der Waals surface area contributed by atoms with E-state index in [-0.39, 0.29) is 23.5 Å². The molecule has 0 aliphatic carbocycles. The van der Waals surface area contributed by atoms with Crippen molar-refractivity contribution in [1.82, 2.24) is 9.80 Å². The molecule has 1 atom stereocenters. The van der Waals surface area contributed by atoms with Gasteiger partial charge in [-0.05, 0) is 54.9 Å². The van der Waals surface area contributed by atoms with Gasteiger partial charge in [-0.25, -0.2) is 4.39 Å². The van der Waals surface area contributed by atoms with Gasteiger partial charge in [0.1, 0.15) is 5.82 Å². The average Bonchev–Trinajstić information content (AvgIpc) is 3.01. The molecule has 1 saturated heterocycles. The molecule has 4 nitrogen and oxygen atoms in total. The van der Waals surface area contributed by atoms with Crippen LogP contribution in [0.1, 0.15) is 36.8 Å². The van der Waals surface area contributed by atoms with Crippen LogP contribution in [0.3, 0.4) is 0 Å². The van der Waals surface area contributed by atoms with Crippen molar-refractivity contribution in [3.05, 3.63) is 83.7 Å². The summed E-state index contributed by atoms with van der Waals surface area (Å²) in [6.07, 6.45) is 7.83. The van der Waals surface area contributed by atoms with E-state index in [1.165, 1.54) is 12.1 Å². The van der Waals surface area contributed by atoms with Crippen LogP contribution >= 0.6 is 0 Å². The molecule has 0 N–H and O–H groups in total. The van der Waals surface area contributed by atoms with Crippen LogP contribution in [-0.2, 0) is 22.6 Å². The van der Waals surface area contributed by atoms with Gasteiger partial charge in [-0.15, -0.1) is 0 Å². The lowest BCUT2D eigenvalue weighted by molar-refractivity contribution is -0.138. The zero-order chi connectivity index (χ0) is 22.3. The summed E-state index contributed by atoms with van der Waals surface area (Å²) in [5, 5.41) is 0. The lowest BCUT2D eigenvalue weighted by Crippen LogP contribution is -2.44. The van der Waals surface area contributed by atoms with Crippen molar-refractivity contribution in [3.8, 4) is 0 Å². The fourth-order valence-corrected chi connectivity index (χ4v) is 4.82. The van der Waals surface area contributed by atoms with Gasteiger partial charge in [0, 0.05) is 38.5 Å². The third-order valence-corrected chi connectivity index (χ3v) is 6.73. The molecule has 0 aromatic heterocycles. The maximum absolute atomic E-state index is 13.3. The highest BCUT2D eigenvalue weighted by molar-refractivity contribution is 5.80. The van der Waals surface area contributed by atoms with Crippen LogP contribution in [0.2, 0.25) is 0 Å². The molecule has 4 rings (SSSR count). The van der Waals surface area contributed by atoms with E-state index in [1.807, 2.05) is 28.0 Å². The van der Waals surface area contributed by atoms with Gasteiger partial charge in [0.25, 0.3) is 0 Å². The smallest absolute Gasteiger partial charge is 0.226 e. The van der Waals surface area contributed by atoms with Crippen molar-refractivity contribution < 1.29 is 14.0 Å². The summed E-state index contributed by atoms with van der Waals surface area (Å²) in [7, 11) is 0. The SMILES string of the molecule is O=C(CCc1ccc(F)cc1)N1CCC([C@H]2CC=CCN(Cc3ccccc3)C2=O)CC1. The second-order valence-electron chi connectivity index (χ2n) is 8.86. The van der Waals surface area contributed by atoms with E-state index in [0.717, 1.165) is 30.4 Å². The molecule has 2 aromatic carbocycles. The Kier molecular flexibility index (Phi) is 7.35. The van der Waals surface area contributed by atoms with Crippen LogP contribution in [0.4, 0.5) is 4.39 Å². The normalized spacial score (nSPS) is 19.8. The van der Waals surface area contributed by atoms with Gasteiger partial charge in [-0.2, -0.15) is 0 Å². The van der Waals surface area contributed by atoms with Gasteiger partial charge >= 0.3 is 0 Å². The van der Waals surface area contributed by atoms with Gasteiger partial charge in [-0.3, -0.25) is 9.59 Å². The molecular weight excluding hydrogens is 403 g/mol. The Bertz CT molecular complexity index is 934. The van der Waals surface area contributed by atoms with Crippen molar-refractivity contribution in [3.63, 3.8) is 0 Å². The minimum atomic E-state index is -0.257. The Morgan fingerprint density at radius 2 is 1.66 bits per heavy atom. The molecule has 2 heterocycles. The molecule has 0 saturated carbocycles. The van der Waals surface area contributed by atoms with Crippen molar-refractivity contribution in [2.24, 2.45) is 11.8 Å². The van der Waals surface area contributed by atoms with Crippen LogP contribution in [0.15, 0.2) is 66.7 Å². The molecule has 2 aliphatic rings. The second kappa shape index (κ2) is 10.6. The molecule has 2 aliphatic heterocycles. The van der Waals surface area contributed by atoms with E-state index in [9.17, 15) is 14.0 Å². The number of hydrogen-bond donors (Lipinski definition) is 0. The molecular formula is C27H31FN2O2. The second-order valence-corrected chi connectivity index (χ2v) is 8.86. The number of amides is 2. The standard InChI is InChI=1S/C27H31FN2O2/c28-24-12-9-21(10-13-24)11-14-26(31)29-18-15-23(16-19-29)25-8-4-5-17-30(27(25)32)20-22-6-2-1-3-7-22/h1-7,9-10,12-13,23,25H,8,11,14-20H2/t25-/m1/s1. The van der Waals surface area contributed by atoms with E-state index in [4.69, 9.17) is 0 Å².